The average Bonchev–Trinajstić information content (AvgIpc) is 2.77. The summed E-state index contributed by atoms with van der Waals surface area (Å²) in [7, 11) is 0. The molecule has 1 amide bonds. The molecule has 6 nitrogen and oxygen atoms in total. The maximum Gasteiger partial charge on any atom is 0.267 e. The van der Waals surface area contributed by atoms with Gasteiger partial charge in [0.25, 0.3) is 11.5 Å². The van der Waals surface area contributed by atoms with E-state index in [1.807, 2.05) is 0 Å². The Morgan fingerprint density at radius 3 is 2.48 bits per heavy atom. The third-order valence-corrected chi connectivity index (χ3v) is 4.74. The van der Waals surface area contributed by atoms with Crippen molar-refractivity contribution in [2.24, 2.45) is 0 Å². The van der Waals surface area contributed by atoms with Gasteiger partial charge in [0.05, 0.1) is 23.6 Å². The molecule has 0 spiro atoms. The summed E-state index contributed by atoms with van der Waals surface area (Å²) in [5.41, 5.74) is 8.94. The molecular formula is C24H19FN4O2. The molecule has 4 rings (SSSR count). The molecule has 154 valence electrons. The van der Waals surface area contributed by atoms with Gasteiger partial charge < -0.3 is 11.1 Å². The lowest BCUT2D eigenvalue weighted by Gasteiger charge is -2.10. The first kappa shape index (κ1) is 20.0. The molecule has 0 fully saturated rings. The van der Waals surface area contributed by atoms with Gasteiger partial charge in [0, 0.05) is 17.2 Å². The van der Waals surface area contributed by atoms with Gasteiger partial charge in [0.15, 0.2) is 0 Å². The minimum absolute atomic E-state index is 0.218. The molecule has 0 unspecified atom stereocenters. The van der Waals surface area contributed by atoms with Crippen molar-refractivity contribution in [3.63, 3.8) is 0 Å². The minimum Gasteiger partial charge on any atom is -0.397 e. The number of rotatable bonds is 5. The summed E-state index contributed by atoms with van der Waals surface area (Å²) < 4.78 is 14.8. The Bertz CT molecular complexity index is 1300. The van der Waals surface area contributed by atoms with Crippen LogP contribution in [0.5, 0.6) is 0 Å². The Morgan fingerprint density at radius 1 is 0.968 bits per heavy atom. The lowest BCUT2D eigenvalue weighted by atomic mass is 10.1. The van der Waals surface area contributed by atoms with Gasteiger partial charge in [-0.1, -0.05) is 36.4 Å². The maximum atomic E-state index is 13.5. The van der Waals surface area contributed by atoms with E-state index in [9.17, 15) is 14.0 Å². The van der Waals surface area contributed by atoms with Crippen LogP contribution in [0.2, 0.25) is 0 Å². The zero-order chi connectivity index (χ0) is 21.8. The van der Waals surface area contributed by atoms with Crippen LogP contribution in [0.1, 0.15) is 15.9 Å². The van der Waals surface area contributed by atoms with E-state index >= 15 is 0 Å². The second-order valence-electron chi connectivity index (χ2n) is 6.96. The highest BCUT2D eigenvalue weighted by molar-refractivity contribution is 6.05. The van der Waals surface area contributed by atoms with E-state index in [-0.39, 0.29) is 23.8 Å². The quantitative estimate of drug-likeness (QED) is 0.484. The van der Waals surface area contributed by atoms with Crippen molar-refractivity contribution in [3.05, 3.63) is 112 Å². The number of carbonyl (C=O) groups excluding carboxylic acids is 1. The second kappa shape index (κ2) is 8.62. The van der Waals surface area contributed by atoms with E-state index in [0.29, 0.717) is 28.2 Å². The molecule has 0 aliphatic rings. The van der Waals surface area contributed by atoms with Gasteiger partial charge in [-0.2, -0.15) is 5.10 Å². The van der Waals surface area contributed by atoms with Crippen molar-refractivity contribution in [2.45, 2.75) is 6.54 Å². The molecular weight excluding hydrogens is 395 g/mol. The number of benzene rings is 3. The first-order valence-electron chi connectivity index (χ1n) is 9.58. The SMILES string of the molecule is Nc1ccccc1NC(=O)c1ccc(Cn2nc(-c3cccc(F)c3)ccc2=O)cc1. The van der Waals surface area contributed by atoms with Crippen LogP contribution in [0.15, 0.2) is 89.7 Å². The van der Waals surface area contributed by atoms with Crippen LogP contribution in [-0.4, -0.2) is 15.7 Å². The van der Waals surface area contributed by atoms with Crippen molar-refractivity contribution in [1.29, 1.82) is 0 Å². The van der Waals surface area contributed by atoms with E-state index < -0.39 is 0 Å². The van der Waals surface area contributed by atoms with E-state index in [2.05, 4.69) is 10.4 Å². The Hall–Kier alpha value is -4.26. The summed E-state index contributed by atoms with van der Waals surface area (Å²) in [4.78, 5) is 24.7. The first-order chi connectivity index (χ1) is 15.0. The second-order valence-corrected chi connectivity index (χ2v) is 6.96. The van der Waals surface area contributed by atoms with Gasteiger partial charge in [0.1, 0.15) is 5.82 Å². The minimum atomic E-state index is -0.372. The van der Waals surface area contributed by atoms with Crippen LogP contribution in [0.25, 0.3) is 11.3 Å². The zero-order valence-electron chi connectivity index (χ0n) is 16.5. The molecule has 3 N–H and O–H groups in total. The predicted molar refractivity (Wildman–Crippen MR) is 118 cm³/mol. The fourth-order valence-corrected chi connectivity index (χ4v) is 3.10. The number of carbonyl (C=O) groups is 1. The molecule has 3 aromatic carbocycles. The molecule has 1 heterocycles. The van der Waals surface area contributed by atoms with Crippen molar-refractivity contribution in [2.75, 3.05) is 11.1 Å². The smallest absolute Gasteiger partial charge is 0.267 e. The van der Waals surface area contributed by atoms with Crippen LogP contribution in [0, 0.1) is 5.82 Å². The molecule has 4 aromatic rings. The summed E-state index contributed by atoms with van der Waals surface area (Å²) in [5, 5.41) is 7.12. The molecule has 0 saturated heterocycles. The highest BCUT2D eigenvalue weighted by Crippen LogP contribution is 2.19. The lowest BCUT2D eigenvalue weighted by Crippen LogP contribution is -2.23. The summed E-state index contributed by atoms with van der Waals surface area (Å²) in [6.07, 6.45) is 0. The number of nitrogens with zero attached hydrogens (tertiary/aromatic N) is 2. The number of hydrogen-bond donors (Lipinski definition) is 2. The molecule has 7 heteroatoms. The van der Waals surface area contributed by atoms with Gasteiger partial charge in [-0.3, -0.25) is 9.59 Å². The number of halogens is 1. The Kier molecular flexibility index (Phi) is 5.57. The van der Waals surface area contributed by atoms with Crippen LogP contribution >= 0.6 is 0 Å². The maximum absolute atomic E-state index is 13.5. The fraction of sp³-hybridized carbons (Fsp3) is 0.0417. The van der Waals surface area contributed by atoms with Gasteiger partial charge >= 0.3 is 0 Å². The van der Waals surface area contributed by atoms with Gasteiger partial charge in [0.2, 0.25) is 0 Å². The predicted octanol–water partition coefficient (Wildman–Crippen LogP) is 3.93. The summed E-state index contributed by atoms with van der Waals surface area (Å²) in [6.45, 7) is 0.218. The number of amides is 1. The van der Waals surface area contributed by atoms with E-state index in [4.69, 9.17) is 5.73 Å². The molecule has 31 heavy (non-hydrogen) atoms. The fourth-order valence-electron chi connectivity index (χ4n) is 3.10. The van der Waals surface area contributed by atoms with Crippen LogP contribution in [0.4, 0.5) is 15.8 Å². The average molecular weight is 414 g/mol. The highest BCUT2D eigenvalue weighted by atomic mass is 19.1. The molecule has 0 aliphatic carbocycles. The summed E-state index contributed by atoms with van der Waals surface area (Å²) in [5.74, 6) is -0.656. The highest BCUT2D eigenvalue weighted by Gasteiger charge is 2.09. The Balaban J connectivity index is 1.51. The van der Waals surface area contributed by atoms with Crippen LogP contribution in [0.3, 0.4) is 0 Å². The first-order valence-corrected chi connectivity index (χ1v) is 9.58. The molecule has 0 radical (unpaired) electrons. The van der Waals surface area contributed by atoms with Crippen LogP contribution < -0.4 is 16.6 Å². The summed E-state index contributed by atoms with van der Waals surface area (Å²) >= 11 is 0. The van der Waals surface area contributed by atoms with E-state index in [1.54, 1.807) is 66.7 Å². The third-order valence-electron chi connectivity index (χ3n) is 4.74. The number of nitrogen functional groups attached to an aromatic ring is 1. The number of para-hydroxylation sites is 2. The largest absolute Gasteiger partial charge is 0.397 e. The topological polar surface area (TPSA) is 90.0 Å². The number of hydrogen-bond acceptors (Lipinski definition) is 4. The van der Waals surface area contributed by atoms with E-state index in [0.717, 1.165) is 5.56 Å². The van der Waals surface area contributed by atoms with Crippen molar-refractivity contribution >= 4 is 17.3 Å². The van der Waals surface area contributed by atoms with Crippen LogP contribution in [-0.2, 0) is 6.54 Å². The molecule has 0 saturated carbocycles. The van der Waals surface area contributed by atoms with Gasteiger partial charge in [-0.15, -0.1) is 0 Å². The Morgan fingerprint density at radius 2 is 1.74 bits per heavy atom. The standard InChI is InChI=1S/C24H19FN4O2/c25-19-5-3-4-18(14-19)21-12-13-23(30)29(28-21)15-16-8-10-17(11-9-16)24(31)27-22-7-2-1-6-20(22)26/h1-14H,15,26H2,(H,27,31). The Labute approximate surface area is 177 Å². The van der Waals surface area contributed by atoms with Crippen molar-refractivity contribution < 1.29 is 9.18 Å². The number of nitrogens with two attached hydrogens (primary N) is 1. The van der Waals surface area contributed by atoms with E-state index in [1.165, 1.54) is 22.9 Å². The molecule has 0 atom stereocenters. The number of anilines is 2. The molecule has 0 bridgehead atoms. The van der Waals surface area contributed by atoms with Gasteiger partial charge in [-0.25, -0.2) is 9.07 Å². The normalized spacial score (nSPS) is 10.6. The number of nitrogens with one attached hydrogen (secondary N) is 1. The third kappa shape index (κ3) is 4.67. The van der Waals surface area contributed by atoms with Crippen molar-refractivity contribution in [3.8, 4) is 11.3 Å². The number of aromatic nitrogens is 2. The van der Waals surface area contributed by atoms with Gasteiger partial charge in [-0.05, 0) is 48.0 Å². The van der Waals surface area contributed by atoms with Crippen molar-refractivity contribution in [1.82, 2.24) is 9.78 Å². The summed E-state index contributed by atoms with van der Waals surface area (Å²) in [6, 6.07) is 22.9. The zero-order valence-corrected chi connectivity index (χ0v) is 16.5. The monoisotopic (exact) mass is 414 g/mol. The molecule has 0 aliphatic heterocycles. The molecule has 1 aromatic heterocycles. The lowest BCUT2D eigenvalue weighted by molar-refractivity contribution is 0.102.